The lowest BCUT2D eigenvalue weighted by Gasteiger charge is -2.07. The first kappa shape index (κ1) is 9.78. The van der Waals surface area contributed by atoms with Crippen LogP contribution in [-0.2, 0) is 6.42 Å². The van der Waals surface area contributed by atoms with Gasteiger partial charge in [0, 0.05) is 6.42 Å². The molecule has 0 aliphatic heterocycles. The maximum Gasteiger partial charge on any atom is 0.120 e. The van der Waals surface area contributed by atoms with E-state index < -0.39 is 0 Å². The normalized spacial score (nSPS) is 18.4. The first-order valence-electron chi connectivity index (χ1n) is 5.63. The summed E-state index contributed by atoms with van der Waals surface area (Å²) in [6.07, 6.45) is 6.11. The van der Waals surface area contributed by atoms with Crippen LogP contribution in [0.5, 0.6) is 0 Å². The topological polar surface area (TPSA) is 39.2 Å². The molecular formula is C12H19NO. The summed E-state index contributed by atoms with van der Waals surface area (Å²) < 4.78 is 5.62. The van der Waals surface area contributed by atoms with Crippen molar-refractivity contribution < 1.29 is 4.42 Å². The average Bonchev–Trinajstić information content (AvgIpc) is 2.90. The molecule has 1 heterocycles. The minimum absolute atomic E-state index is 0.107. The second-order valence-corrected chi connectivity index (χ2v) is 4.28. The number of hydrogen-bond donors (Lipinski definition) is 1. The van der Waals surface area contributed by atoms with Crippen molar-refractivity contribution in [1.82, 2.24) is 0 Å². The lowest BCUT2D eigenvalue weighted by molar-refractivity contribution is 0.416. The molecule has 2 rings (SSSR count). The van der Waals surface area contributed by atoms with E-state index in [-0.39, 0.29) is 6.04 Å². The molecule has 0 amide bonds. The molecular weight excluding hydrogens is 174 g/mol. The van der Waals surface area contributed by atoms with Gasteiger partial charge in [0.25, 0.3) is 0 Å². The lowest BCUT2D eigenvalue weighted by atomic mass is 10.1. The van der Waals surface area contributed by atoms with Crippen molar-refractivity contribution in [3.8, 4) is 0 Å². The molecule has 78 valence electrons. The van der Waals surface area contributed by atoms with Crippen LogP contribution in [0.3, 0.4) is 0 Å². The van der Waals surface area contributed by atoms with Crippen molar-refractivity contribution in [1.29, 1.82) is 0 Å². The quantitative estimate of drug-likeness (QED) is 0.780. The molecule has 1 fully saturated rings. The minimum Gasteiger partial charge on any atom is -0.464 e. The van der Waals surface area contributed by atoms with Gasteiger partial charge < -0.3 is 10.2 Å². The Balaban J connectivity index is 1.85. The van der Waals surface area contributed by atoms with Gasteiger partial charge in [-0.25, -0.2) is 0 Å². The maximum absolute atomic E-state index is 6.05. The minimum atomic E-state index is 0.107. The predicted octanol–water partition coefficient (Wildman–Crippen LogP) is 3.03. The number of furan rings is 1. The Hall–Kier alpha value is -0.760. The van der Waals surface area contributed by atoms with Crippen LogP contribution in [0.2, 0.25) is 0 Å². The SMILES string of the molecule is CCc1ccc(C(N)CCC2CC2)o1. The molecule has 1 aromatic rings. The van der Waals surface area contributed by atoms with E-state index in [1.807, 2.05) is 12.1 Å². The predicted molar refractivity (Wildman–Crippen MR) is 57.0 cm³/mol. The van der Waals surface area contributed by atoms with Gasteiger partial charge in [-0.15, -0.1) is 0 Å². The summed E-state index contributed by atoms with van der Waals surface area (Å²) in [6, 6.07) is 4.17. The van der Waals surface area contributed by atoms with Crippen LogP contribution in [0.1, 0.15) is 50.2 Å². The van der Waals surface area contributed by atoms with E-state index in [0.717, 1.165) is 30.3 Å². The highest BCUT2D eigenvalue weighted by molar-refractivity contribution is 5.10. The van der Waals surface area contributed by atoms with Crippen molar-refractivity contribution in [2.75, 3.05) is 0 Å². The zero-order valence-corrected chi connectivity index (χ0v) is 8.83. The second-order valence-electron chi connectivity index (χ2n) is 4.28. The molecule has 1 aromatic heterocycles. The van der Waals surface area contributed by atoms with E-state index in [2.05, 4.69) is 6.92 Å². The van der Waals surface area contributed by atoms with Crippen LogP contribution >= 0.6 is 0 Å². The Morgan fingerprint density at radius 3 is 2.86 bits per heavy atom. The monoisotopic (exact) mass is 193 g/mol. The fraction of sp³-hybridized carbons (Fsp3) is 0.667. The molecule has 0 saturated heterocycles. The highest BCUT2D eigenvalue weighted by Gasteiger charge is 2.22. The molecule has 1 saturated carbocycles. The Morgan fingerprint density at radius 2 is 2.29 bits per heavy atom. The van der Waals surface area contributed by atoms with Gasteiger partial charge in [-0.2, -0.15) is 0 Å². The third-order valence-electron chi connectivity index (χ3n) is 2.98. The van der Waals surface area contributed by atoms with Crippen LogP contribution in [0, 0.1) is 5.92 Å². The van der Waals surface area contributed by atoms with Crippen molar-refractivity contribution >= 4 is 0 Å². The van der Waals surface area contributed by atoms with Crippen molar-refractivity contribution in [3.63, 3.8) is 0 Å². The van der Waals surface area contributed by atoms with Gasteiger partial charge in [0.2, 0.25) is 0 Å². The van der Waals surface area contributed by atoms with E-state index in [1.165, 1.54) is 19.3 Å². The van der Waals surface area contributed by atoms with E-state index in [4.69, 9.17) is 10.2 Å². The molecule has 0 bridgehead atoms. The second kappa shape index (κ2) is 4.18. The molecule has 2 N–H and O–H groups in total. The maximum atomic E-state index is 6.05. The molecule has 1 unspecified atom stereocenters. The van der Waals surface area contributed by atoms with Crippen molar-refractivity contribution in [2.24, 2.45) is 11.7 Å². The third kappa shape index (κ3) is 2.38. The number of aryl methyl sites for hydroxylation is 1. The molecule has 2 heteroatoms. The lowest BCUT2D eigenvalue weighted by Crippen LogP contribution is -2.09. The van der Waals surface area contributed by atoms with Crippen LogP contribution in [0.15, 0.2) is 16.5 Å². The summed E-state index contributed by atoms with van der Waals surface area (Å²) in [6.45, 7) is 2.10. The van der Waals surface area contributed by atoms with Gasteiger partial charge >= 0.3 is 0 Å². The highest BCUT2D eigenvalue weighted by Crippen LogP contribution is 2.35. The third-order valence-corrected chi connectivity index (χ3v) is 2.98. The van der Waals surface area contributed by atoms with Crippen LogP contribution in [-0.4, -0.2) is 0 Å². The molecule has 1 aliphatic carbocycles. The highest BCUT2D eigenvalue weighted by atomic mass is 16.3. The summed E-state index contributed by atoms with van der Waals surface area (Å²) in [5.41, 5.74) is 6.05. The van der Waals surface area contributed by atoms with Gasteiger partial charge in [0.1, 0.15) is 11.5 Å². The Kier molecular flexibility index (Phi) is 2.92. The molecule has 0 aromatic carbocycles. The molecule has 0 spiro atoms. The van der Waals surface area contributed by atoms with E-state index in [1.54, 1.807) is 0 Å². The van der Waals surface area contributed by atoms with Gasteiger partial charge in [-0.1, -0.05) is 19.8 Å². The smallest absolute Gasteiger partial charge is 0.120 e. The number of hydrogen-bond acceptors (Lipinski definition) is 2. The summed E-state index contributed by atoms with van der Waals surface area (Å²) in [7, 11) is 0. The Morgan fingerprint density at radius 1 is 1.50 bits per heavy atom. The van der Waals surface area contributed by atoms with E-state index >= 15 is 0 Å². The average molecular weight is 193 g/mol. The van der Waals surface area contributed by atoms with E-state index in [9.17, 15) is 0 Å². The fourth-order valence-corrected chi connectivity index (χ4v) is 1.75. The molecule has 1 aliphatic rings. The van der Waals surface area contributed by atoms with Gasteiger partial charge in [0.15, 0.2) is 0 Å². The summed E-state index contributed by atoms with van der Waals surface area (Å²) in [5.74, 6) is 2.96. The molecule has 0 radical (unpaired) electrons. The summed E-state index contributed by atoms with van der Waals surface area (Å²) in [5, 5.41) is 0. The largest absolute Gasteiger partial charge is 0.464 e. The number of nitrogens with two attached hydrogens (primary N) is 1. The van der Waals surface area contributed by atoms with Gasteiger partial charge in [-0.3, -0.25) is 0 Å². The molecule has 1 atom stereocenters. The first-order valence-corrected chi connectivity index (χ1v) is 5.63. The van der Waals surface area contributed by atoms with Crippen LogP contribution in [0.25, 0.3) is 0 Å². The van der Waals surface area contributed by atoms with Crippen LogP contribution < -0.4 is 5.73 Å². The molecule has 14 heavy (non-hydrogen) atoms. The zero-order chi connectivity index (χ0) is 9.97. The van der Waals surface area contributed by atoms with Crippen LogP contribution in [0.4, 0.5) is 0 Å². The number of rotatable bonds is 5. The Bertz CT molecular complexity index is 288. The fourth-order valence-electron chi connectivity index (χ4n) is 1.75. The summed E-state index contributed by atoms with van der Waals surface area (Å²) in [4.78, 5) is 0. The summed E-state index contributed by atoms with van der Waals surface area (Å²) >= 11 is 0. The van der Waals surface area contributed by atoms with Gasteiger partial charge in [-0.05, 0) is 30.9 Å². The van der Waals surface area contributed by atoms with Gasteiger partial charge in [0.05, 0.1) is 6.04 Å². The van der Waals surface area contributed by atoms with Crippen molar-refractivity contribution in [2.45, 2.75) is 45.1 Å². The van der Waals surface area contributed by atoms with E-state index in [0.29, 0.717) is 0 Å². The van der Waals surface area contributed by atoms with Crippen molar-refractivity contribution in [3.05, 3.63) is 23.7 Å². The first-order chi connectivity index (χ1) is 6.79. The standard InChI is InChI=1S/C12H19NO/c1-2-10-6-8-12(14-10)11(13)7-5-9-3-4-9/h6,8-9,11H,2-5,7,13H2,1H3. The molecule has 2 nitrogen and oxygen atoms in total. The Labute approximate surface area is 85.5 Å². The zero-order valence-electron chi connectivity index (χ0n) is 8.83.